The van der Waals surface area contributed by atoms with Gasteiger partial charge in [-0.15, -0.1) is 0 Å². The molecule has 8 nitrogen and oxygen atoms in total. The number of rotatable bonds is 8. The molecule has 0 atom stereocenters. The Morgan fingerprint density at radius 1 is 1.09 bits per heavy atom. The Morgan fingerprint density at radius 2 is 1.83 bits per heavy atom. The van der Waals surface area contributed by atoms with Crippen LogP contribution in [0.2, 0.25) is 5.02 Å². The number of ether oxygens (including phenoxy) is 1. The number of carbonyl (C=O) groups excluding carboxylic acids is 2. The molecule has 184 valence electrons. The van der Waals surface area contributed by atoms with Crippen LogP contribution in [-0.2, 0) is 17.7 Å². The number of benzene rings is 2. The number of halogens is 1. The van der Waals surface area contributed by atoms with E-state index >= 15 is 0 Å². The molecule has 0 fully saturated rings. The number of hydrogen-bond donors (Lipinski definition) is 2. The van der Waals surface area contributed by atoms with Crippen molar-refractivity contribution in [3.8, 4) is 0 Å². The normalized spacial score (nSPS) is 11.3. The van der Waals surface area contributed by atoms with Gasteiger partial charge in [0.05, 0.1) is 17.9 Å². The van der Waals surface area contributed by atoms with Crippen LogP contribution in [0.3, 0.4) is 0 Å². The van der Waals surface area contributed by atoms with Crippen LogP contribution in [0.5, 0.6) is 0 Å². The Hall–Kier alpha value is -3.65. The Labute approximate surface area is 210 Å². The SMILES string of the molecule is CCOC(=O)c1ccc(NC(=NCCc2c(C)nn(CC)c2C)NC(=O)c2cccc(Cl)c2)cc1. The van der Waals surface area contributed by atoms with Crippen LogP contribution in [-0.4, -0.2) is 40.8 Å². The molecule has 0 saturated heterocycles. The average Bonchev–Trinajstić information content (AvgIpc) is 3.12. The van der Waals surface area contributed by atoms with Crippen molar-refractivity contribution in [2.45, 2.75) is 40.7 Å². The summed E-state index contributed by atoms with van der Waals surface area (Å²) in [5.41, 5.74) is 4.77. The predicted molar refractivity (Wildman–Crippen MR) is 138 cm³/mol. The van der Waals surface area contributed by atoms with E-state index in [0.717, 1.165) is 23.5 Å². The second kappa shape index (κ2) is 12.2. The molecule has 0 aliphatic carbocycles. The van der Waals surface area contributed by atoms with Crippen LogP contribution in [0.4, 0.5) is 5.69 Å². The van der Waals surface area contributed by atoms with E-state index in [1.165, 1.54) is 0 Å². The summed E-state index contributed by atoms with van der Waals surface area (Å²) >= 11 is 6.04. The zero-order valence-corrected chi connectivity index (χ0v) is 21.1. The summed E-state index contributed by atoms with van der Waals surface area (Å²) in [5, 5.41) is 11.0. The maximum Gasteiger partial charge on any atom is 0.338 e. The number of carbonyl (C=O) groups is 2. The van der Waals surface area contributed by atoms with Gasteiger partial charge in [-0.2, -0.15) is 5.10 Å². The minimum absolute atomic E-state index is 0.289. The zero-order chi connectivity index (χ0) is 25.4. The molecule has 2 N–H and O–H groups in total. The summed E-state index contributed by atoms with van der Waals surface area (Å²) in [5.74, 6) is -0.439. The van der Waals surface area contributed by atoms with E-state index in [1.54, 1.807) is 55.5 Å². The quantitative estimate of drug-likeness (QED) is 0.266. The molecule has 3 rings (SSSR count). The fourth-order valence-corrected chi connectivity index (χ4v) is 3.83. The molecule has 0 unspecified atom stereocenters. The summed E-state index contributed by atoms with van der Waals surface area (Å²) in [6.07, 6.45) is 0.678. The number of amides is 1. The van der Waals surface area contributed by atoms with E-state index in [0.29, 0.717) is 41.4 Å². The van der Waals surface area contributed by atoms with Crippen LogP contribution in [0.15, 0.2) is 53.5 Å². The molecule has 1 aromatic heterocycles. The Bertz CT molecular complexity index is 1220. The first-order valence-electron chi connectivity index (χ1n) is 11.5. The van der Waals surface area contributed by atoms with Crippen molar-refractivity contribution in [2.24, 2.45) is 4.99 Å². The van der Waals surface area contributed by atoms with Gasteiger partial charge in [0.15, 0.2) is 0 Å². The highest BCUT2D eigenvalue weighted by atomic mass is 35.5. The van der Waals surface area contributed by atoms with Gasteiger partial charge in [-0.25, -0.2) is 4.79 Å². The fourth-order valence-electron chi connectivity index (χ4n) is 3.64. The average molecular weight is 496 g/mol. The Morgan fingerprint density at radius 3 is 2.46 bits per heavy atom. The molecule has 0 radical (unpaired) electrons. The second-order valence-corrected chi connectivity index (χ2v) is 8.27. The van der Waals surface area contributed by atoms with Gasteiger partial charge in [0.25, 0.3) is 5.91 Å². The highest BCUT2D eigenvalue weighted by molar-refractivity contribution is 6.31. The number of nitrogens with one attached hydrogen (secondary N) is 2. The lowest BCUT2D eigenvalue weighted by atomic mass is 10.1. The van der Waals surface area contributed by atoms with Crippen molar-refractivity contribution in [2.75, 3.05) is 18.5 Å². The zero-order valence-electron chi connectivity index (χ0n) is 20.4. The highest BCUT2D eigenvalue weighted by Gasteiger charge is 2.13. The van der Waals surface area contributed by atoms with Crippen LogP contribution in [0.25, 0.3) is 0 Å². The first-order valence-corrected chi connectivity index (χ1v) is 11.9. The minimum Gasteiger partial charge on any atom is -0.462 e. The number of aryl methyl sites for hydroxylation is 2. The molecule has 0 bridgehead atoms. The molecular formula is C26H30ClN5O3. The van der Waals surface area contributed by atoms with Gasteiger partial charge in [-0.05, 0) is 82.1 Å². The molecule has 0 saturated carbocycles. The summed E-state index contributed by atoms with van der Waals surface area (Å²) in [4.78, 5) is 29.4. The first-order chi connectivity index (χ1) is 16.8. The van der Waals surface area contributed by atoms with Crippen LogP contribution in [0.1, 0.15) is 51.5 Å². The molecule has 0 spiro atoms. The van der Waals surface area contributed by atoms with E-state index in [2.05, 4.69) is 27.6 Å². The van der Waals surface area contributed by atoms with Crippen molar-refractivity contribution in [1.29, 1.82) is 0 Å². The van der Waals surface area contributed by atoms with Crippen molar-refractivity contribution in [3.63, 3.8) is 0 Å². The molecule has 0 aliphatic rings. The van der Waals surface area contributed by atoms with Gasteiger partial charge in [0.1, 0.15) is 0 Å². The minimum atomic E-state index is -0.388. The fraction of sp³-hybridized carbons (Fsp3) is 0.308. The maximum absolute atomic E-state index is 12.8. The lowest BCUT2D eigenvalue weighted by Gasteiger charge is -2.13. The summed E-state index contributed by atoms with van der Waals surface area (Å²) in [6, 6.07) is 13.5. The number of aliphatic imine (C=N–C) groups is 1. The predicted octanol–water partition coefficient (Wildman–Crippen LogP) is 4.79. The molecular weight excluding hydrogens is 466 g/mol. The highest BCUT2D eigenvalue weighted by Crippen LogP contribution is 2.15. The van der Waals surface area contributed by atoms with Gasteiger partial charge in [0, 0.05) is 35.1 Å². The van der Waals surface area contributed by atoms with Crippen molar-refractivity contribution in [3.05, 3.63) is 81.6 Å². The Balaban J connectivity index is 1.79. The second-order valence-electron chi connectivity index (χ2n) is 7.83. The van der Waals surface area contributed by atoms with E-state index in [4.69, 9.17) is 16.3 Å². The number of anilines is 1. The molecule has 1 heterocycles. The number of esters is 1. The number of nitrogens with zero attached hydrogens (tertiary/aromatic N) is 3. The largest absolute Gasteiger partial charge is 0.462 e. The van der Waals surface area contributed by atoms with Crippen LogP contribution in [0, 0.1) is 13.8 Å². The van der Waals surface area contributed by atoms with Crippen LogP contribution < -0.4 is 10.6 Å². The van der Waals surface area contributed by atoms with Gasteiger partial charge in [0.2, 0.25) is 5.96 Å². The van der Waals surface area contributed by atoms with E-state index in [1.807, 2.05) is 18.5 Å². The molecule has 1 amide bonds. The summed E-state index contributed by atoms with van der Waals surface area (Å²) < 4.78 is 7.00. The smallest absolute Gasteiger partial charge is 0.338 e. The van der Waals surface area contributed by atoms with Crippen LogP contribution >= 0.6 is 11.6 Å². The standard InChI is InChI=1S/C26H30ClN5O3/c1-5-32-18(4)23(17(3)31-32)14-15-28-26(30-24(33)20-8-7-9-21(27)16-20)29-22-12-10-19(11-13-22)25(34)35-6-2/h7-13,16H,5-6,14-15H2,1-4H3,(H2,28,29,30,33). The van der Waals surface area contributed by atoms with Crippen molar-refractivity contribution >= 4 is 35.1 Å². The lowest BCUT2D eigenvalue weighted by molar-refractivity contribution is 0.0526. The van der Waals surface area contributed by atoms with Crippen molar-refractivity contribution < 1.29 is 14.3 Å². The number of guanidine groups is 1. The van der Waals surface area contributed by atoms with Gasteiger partial charge < -0.3 is 10.1 Å². The third kappa shape index (κ3) is 6.93. The van der Waals surface area contributed by atoms with Gasteiger partial charge in [-0.1, -0.05) is 17.7 Å². The molecule has 0 aliphatic heterocycles. The molecule has 2 aromatic carbocycles. The van der Waals surface area contributed by atoms with E-state index in [9.17, 15) is 9.59 Å². The van der Waals surface area contributed by atoms with E-state index in [-0.39, 0.29) is 17.8 Å². The number of aromatic nitrogens is 2. The lowest BCUT2D eigenvalue weighted by Crippen LogP contribution is -2.36. The van der Waals surface area contributed by atoms with Crippen molar-refractivity contribution in [1.82, 2.24) is 15.1 Å². The topological polar surface area (TPSA) is 97.6 Å². The third-order valence-electron chi connectivity index (χ3n) is 5.44. The molecule has 3 aromatic rings. The molecule has 35 heavy (non-hydrogen) atoms. The molecule has 9 heteroatoms. The van der Waals surface area contributed by atoms with Gasteiger partial charge >= 0.3 is 5.97 Å². The summed E-state index contributed by atoms with van der Waals surface area (Å²) in [7, 11) is 0. The summed E-state index contributed by atoms with van der Waals surface area (Å²) in [6.45, 7) is 9.41. The maximum atomic E-state index is 12.8. The Kier molecular flexibility index (Phi) is 9.03. The monoisotopic (exact) mass is 495 g/mol. The number of hydrogen-bond acceptors (Lipinski definition) is 5. The third-order valence-corrected chi connectivity index (χ3v) is 5.68. The van der Waals surface area contributed by atoms with E-state index < -0.39 is 0 Å². The first kappa shape index (κ1) is 26.0. The van der Waals surface area contributed by atoms with Gasteiger partial charge in [-0.3, -0.25) is 19.8 Å².